The molecule has 16 nitrogen and oxygen atoms in total. The van der Waals surface area contributed by atoms with Crippen LogP contribution in [0.15, 0.2) is 60.8 Å². The summed E-state index contributed by atoms with van der Waals surface area (Å²) < 4.78 is 38.7. The zero-order chi connectivity index (χ0) is 64.1. The summed E-state index contributed by atoms with van der Waals surface area (Å²) in [5.74, 6) is 4.31. The largest absolute Gasteiger partial charge is 0.458 e. The average Bonchev–Trinajstić information content (AvgIpc) is 3.21. The quantitative estimate of drug-likeness (QED) is 0.0937. The summed E-state index contributed by atoms with van der Waals surface area (Å²) in [6.07, 6.45) is 25.4. The van der Waals surface area contributed by atoms with Gasteiger partial charge in [0.15, 0.2) is 6.61 Å². The molecule has 7 atom stereocenters. The molecule has 7 unspecified atom stereocenters. The van der Waals surface area contributed by atoms with Crippen LogP contribution >= 0.6 is 0 Å². The van der Waals surface area contributed by atoms with Crippen molar-refractivity contribution in [2.45, 2.75) is 268 Å². The summed E-state index contributed by atoms with van der Waals surface area (Å²) in [7, 11) is 0. The molecule has 88 heavy (non-hydrogen) atoms. The lowest BCUT2D eigenvalue weighted by molar-refractivity contribution is -0.260. The van der Waals surface area contributed by atoms with Crippen LogP contribution < -0.4 is 0 Å². The number of rotatable bonds is 14. The summed E-state index contributed by atoms with van der Waals surface area (Å²) in [5.41, 5.74) is -0.710. The number of carbonyl (C=O) groups excluding carboxylic acids is 7. The third kappa shape index (κ3) is 14.9. The fourth-order valence-corrected chi connectivity index (χ4v) is 20.2. The van der Waals surface area contributed by atoms with Gasteiger partial charge in [-0.1, -0.05) is 53.7 Å². The van der Waals surface area contributed by atoms with Crippen LogP contribution in [-0.2, 0) is 66.7 Å². The molecule has 0 radical (unpaired) electrons. The molecule has 15 saturated carbocycles. The van der Waals surface area contributed by atoms with Gasteiger partial charge in [-0.05, 0) is 241 Å². The van der Waals surface area contributed by atoms with E-state index in [1.807, 2.05) is 0 Å². The van der Waals surface area contributed by atoms with Crippen LogP contribution in [0.5, 0.6) is 0 Å². The Morgan fingerprint density at radius 3 is 1.43 bits per heavy atom. The Hall–Kier alpha value is -5.09. The average molecular weight is 1230 g/mol. The molecule has 0 spiro atoms. The van der Waals surface area contributed by atoms with Gasteiger partial charge in [-0.3, -0.25) is 4.79 Å². The molecule has 15 aliphatic carbocycles. The van der Waals surface area contributed by atoms with Crippen molar-refractivity contribution >= 4 is 41.8 Å². The van der Waals surface area contributed by atoms with E-state index in [1.165, 1.54) is 71.1 Å². The van der Waals surface area contributed by atoms with Crippen LogP contribution in [0, 0.1) is 71.0 Å². The normalized spacial score (nSPS) is 39.4. The van der Waals surface area contributed by atoms with Crippen molar-refractivity contribution in [1.29, 1.82) is 0 Å². The Bertz CT molecular complexity index is 2680. The van der Waals surface area contributed by atoms with E-state index in [1.54, 1.807) is 27.7 Å². The van der Waals surface area contributed by atoms with Crippen LogP contribution in [0.25, 0.3) is 0 Å². The van der Waals surface area contributed by atoms with E-state index >= 15 is 0 Å². The van der Waals surface area contributed by atoms with E-state index in [0.29, 0.717) is 65.2 Å². The molecule has 2 saturated heterocycles. The monoisotopic (exact) mass is 1220 g/mol. The Morgan fingerprint density at radius 1 is 0.523 bits per heavy atom. The van der Waals surface area contributed by atoms with E-state index in [2.05, 4.69) is 53.7 Å². The predicted octanol–water partition coefficient (Wildman–Crippen LogP) is 12.5. The fourth-order valence-electron chi connectivity index (χ4n) is 20.2. The number of carbonyl (C=O) groups is 7. The highest BCUT2D eigenvalue weighted by Gasteiger charge is 2.65. The zero-order valence-electron chi connectivity index (χ0n) is 54.3. The van der Waals surface area contributed by atoms with Crippen molar-refractivity contribution in [1.82, 2.24) is 0 Å². The Labute approximate surface area is 523 Å². The first-order valence-corrected chi connectivity index (χ1v) is 33.5. The highest BCUT2D eigenvalue weighted by molar-refractivity contribution is 5.89. The molecule has 17 fully saturated rings. The first-order valence-electron chi connectivity index (χ1n) is 33.5. The minimum Gasteiger partial charge on any atom is -0.458 e. The summed E-state index contributed by atoms with van der Waals surface area (Å²) in [6.45, 7) is 32.5. The van der Waals surface area contributed by atoms with Gasteiger partial charge < -0.3 is 43.4 Å². The predicted molar refractivity (Wildman–Crippen MR) is 329 cm³/mol. The van der Waals surface area contributed by atoms with Crippen LogP contribution in [0.1, 0.15) is 222 Å². The number of hydrogen-bond acceptors (Lipinski definition) is 16. The van der Waals surface area contributed by atoms with Gasteiger partial charge in [0.05, 0.1) is 17.1 Å². The topological polar surface area (TPSA) is 225 Å². The van der Waals surface area contributed by atoms with Gasteiger partial charge in [-0.15, -0.1) is 0 Å². The van der Waals surface area contributed by atoms with E-state index in [9.17, 15) is 43.8 Å². The molecule has 2 aliphatic heterocycles. The van der Waals surface area contributed by atoms with Crippen LogP contribution in [0.4, 0.5) is 0 Å². The van der Waals surface area contributed by atoms with Gasteiger partial charge in [0.1, 0.15) is 34.6 Å². The first-order chi connectivity index (χ1) is 41.3. The molecule has 2 N–H and O–H groups in total. The molecular weight excluding hydrogens is 1120 g/mol. The van der Waals surface area contributed by atoms with Gasteiger partial charge in [-0.25, -0.2) is 28.8 Å². The highest BCUT2D eigenvalue weighted by atomic mass is 16.6. The first kappa shape index (κ1) is 67.3. The maximum Gasteiger partial charge on any atom is 0.344 e. The Morgan fingerprint density at radius 2 is 0.966 bits per heavy atom. The van der Waals surface area contributed by atoms with Gasteiger partial charge >= 0.3 is 41.8 Å². The molecule has 488 valence electrons. The Balaban J connectivity index is 0.000000132. The number of esters is 7. The second-order valence-electron chi connectivity index (χ2n) is 31.0. The summed E-state index contributed by atoms with van der Waals surface area (Å²) >= 11 is 0. The third-order valence-corrected chi connectivity index (χ3v) is 22.8. The molecular formula is C72H104O16. The zero-order valence-corrected chi connectivity index (χ0v) is 54.3. The third-order valence-electron chi connectivity index (χ3n) is 22.8. The lowest BCUT2D eigenvalue weighted by Crippen LogP contribution is -2.66. The summed E-state index contributed by atoms with van der Waals surface area (Å²) in [6, 6.07) is 0. The molecule has 0 aromatic carbocycles. The molecule has 0 amide bonds. The molecule has 16 bridgehead atoms. The lowest BCUT2D eigenvalue weighted by atomic mass is 9.47. The smallest absolute Gasteiger partial charge is 0.344 e. The van der Waals surface area contributed by atoms with Crippen molar-refractivity contribution in [3.8, 4) is 0 Å². The molecule has 0 aromatic heterocycles. The lowest BCUT2D eigenvalue weighted by Gasteiger charge is -2.62. The number of aliphatic hydroxyl groups is 2. The van der Waals surface area contributed by atoms with Crippen molar-refractivity contribution in [2.24, 2.45) is 71.0 Å². The van der Waals surface area contributed by atoms with E-state index in [4.69, 9.17) is 33.2 Å². The molecule has 0 aromatic rings. The van der Waals surface area contributed by atoms with E-state index in [-0.39, 0.29) is 70.1 Å². The second kappa shape index (κ2) is 26.3. The molecule has 2 heterocycles. The van der Waals surface area contributed by atoms with Crippen LogP contribution in [0.3, 0.4) is 0 Å². The fraction of sp³-hybridized carbons (Fsp3) is 0.764. The molecule has 17 rings (SSSR count). The van der Waals surface area contributed by atoms with Crippen LogP contribution in [0.2, 0.25) is 0 Å². The van der Waals surface area contributed by atoms with Crippen LogP contribution in [-0.4, -0.2) is 104 Å². The maximum absolute atomic E-state index is 12.1. The van der Waals surface area contributed by atoms with Crippen molar-refractivity contribution < 1.29 is 76.9 Å². The van der Waals surface area contributed by atoms with Gasteiger partial charge in [0.25, 0.3) is 0 Å². The Kier molecular flexibility index (Phi) is 20.1. The minimum atomic E-state index is -0.858. The maximum atomic E-state index is 12.1. The minimum absolute atomic E-state index is 0.0568. The van der Waals surface area contributed by atoms with Gasteiger partial charge in [0.2, 0.25) is 0 Å². The van der Waals surface area contributed by atoms with Gasteiger partial charge in [-0.2, -0.15) is 0 Å². The van der Waals surface area contributed by atoms with E-state index in [0.717, 1.165) is 113 Å². The SMILES string of the molecule is C=C(C)C(=O)OC1(C(C)C)C2CC3CC(C2)CC1C3.C=C(C)C(=O)OC1(CC)CCCC1.C=C(C)C(=O)OC12CC3CC(CC(C3)C1)C2.C=C(C)C(=O)OC12CC3CC(O)(CC(O)(C3)C1)C2.C=C(C)C(=O)OCC(=O)OC1C2CC3CC(C2)C(=O)OC1C3. The number of hydrogen-bond donors (Lipinski definition) is 2. The second-order valence-corrected chi connectivity index (χ2v) is 31.0. The van der Waals surface area contributed by atoms with Crippen molar-refractivity contribution in [3.63, 3.8) is 0 Å². The highest BCUT2D eigenvalue weighted by Crippen LogP contribution is 2.63. The summed E-state index contributed by atoms with van der Waals surface area (Å²) in [5, 5.41) is 21.0. The standard InChI is InChI=1S/C17H26O2.C16H20O6.C14H20O4.C14H20O2.C11H18O2/c1-10(2)16(18)19-17(11(3)4)14-6-12-5-13(8-14)9-15(17)7-12;1-8(2)15(18)20-7-13(17)22-14-10-3-9-4-11(6-10)16(19)21-12(14)5-9;1-9(2)11(15)18-14-5-10-3-12(16,7-14)6-13(17,4-10)8-14;1-9(2)13(15)16-14-6-10-3-11(7-14)5-12(4-10)8-14;1-4-11(7-5-6-8-11)13-10(12)9(2)3/h11-15H,1,5-9H2,2-4H3;9-12,14H,1,3-7H2,2H3;10,16-17H,1,3-8H2,2H3;10-12H,1,3-8H2,2H3;2,4-8H2,1,3H3. The van der Waals surface area contributed by atoms with Gasteiger partial charge in [0, 0.05) is 53.0 Å². The number of ether oxygens (including phenoxy) is 7. The van der Waals surface area contributed by atoms with Crippen molar-refractivity contribution in [3.05, 3.63) is 60.8 Å². The van der Waals surface area contributed by atoms with Crippen molar-refractivity contribution in [2.75, 3.05) is 6.61 Å². The summed E-state index contributed by atoms with van der Waals surface area (Å²) in [4.78, 5) is 82.0. The number of fused-ring (bicyclic) bond motifs is 1. The molecule has 17 aliphatic rings. The van der Waals surface area contributed by atoms with E-state index < -0.39 is 47.4 Å². The molecule has 16 heteroatoms.